The van der Waals surface area contributed by atoms with Crippen LogP contribution in [0.2, 0.25) is 0 Å². The van der Waals surface area contributed by atoms with Gasteiger partial charge in [-0.05, 0) is 42.7 Å². The molecule has 0 unspecified atom stereocenters. The molecule has 1 aliphatic rings. The summed E-state index contributed by atoms with van der Waals surface area (Å²) in [7, 11) is 0. The molecule has 0 atom stereocenters. The van der Waals surface area contributed by atoms with Crippen molar-refractivity contribution >= 4 is 16.9 Å². The second-order valence-electron chi connectivity index (χ2n) is 6.84. The van der Waals surface area contributed by atoms with Gasteiger partial charge in [-0.25, -0.2) is 9.97 Å². The third-order valence-electron chi connectivity index (χ3n) is 5.16. The predicted octanol–water partition coefficient (Wildman–Crippen LogP) is 3.41. The normalized spacial score (nSPS) is 16.5. The number of nitrogens with two attached hydrogens (primary N) is 1. The van der Waals surface area contributed by atoms with Crippen molar-refractivity contribution in [2.24, 2.45) is 0 Å². The number of benzene rings is 1. The van der Waals surface area contributed by atoms with E-state index in [0.717, 1.165) is 44.4 Å². The molecule has 0 radical (unpaired) electrons. The van der Waals surface area contributed by atoms with Gasteiger partial charge in [-0.3, -0.25) is 4.90 Å². The Morgan fingerprint density at radius 2 is 1.96 bits per heavy atom. The molecule has 1 aliphatic heterocycles. The summed E-state index contributed by atoms with van der Waals surface area (Å²) in [6.45, 7) is 5.34. The van der Waals surface area contributed by atoms with Gasteiger partial charge in [-0.15, -0.1) is 0 Å². The van der Waals surface area contributed by atoms with E-state index in [1.54, 1.807) is 6.20 Å². The van der Waals surface area contributed by atoms with Crippen LogP contribution in [-0.2, 0) is 13.0 Å². The molecule has 1 fully saturated rings. The molecule has 3 heterocycles. The van der Waals surface area contributed by atoms with E-state index >= 15 is 0 Å². The van der Waals surface area contributed by atoms with Crippen LogP contribution in [0.1, 0.15) is 37.2 Å². The van der Waals surface area contributed by atoms with Crippen LogP contribution in [0.5, 0.6) is 0 Å². The largest absolute Gasteiger partial charge is 0.384 e. The summed E-state index contributed by atoms with van der Waals surface area (Å²) in [5.41, 5.74) is 9.44. The van der Waals surface area contributed by atoms with Crippen molar-refractivity contribution in [3.05, 3.63) is 54.0 Å². The Morgan fingerprint density at radius 1 is 1.16 bits per heavy atom. The van der Waals surface area contributed by atoms with Gasteiger partial charge >= 0.3 is 0 Å². The summed E-state index contributed by atoms with van der Waals surface area (Å²) in [6.07, 6.45) is 5.09. The van der Waals surface area contributed by atoms with Crippen molar-refractivity contribution < 1.29 is 0 Å². The number of nitrogens with zero attached hydrogens (tertiary/aromatic N) is 4. The van der Waals surface area contributed by atoms with Crippen LogP contribution < -0.4 is 5.73 Å². The maximum Gasteiger partial charge on any atom is 0.123 e. The first-order valence-electron chi connectivity index (χ1n) is 9.13. The molecule has 0 bridgehead atoms. The molecular weight excluding hydrogens is 310 g/mol. The molecule has 5 nitrogen and oxygen atoms in total. The number of fused-ring (bicyclic) bond motifs is 1. The molecule has 0 spiro atoms. The standard InChI is InChI=1S/C20H25N5/c1-2-20-23-17-5-3-4-6-18(17)25(20)16-8-11-24(12-9-16)14-15-7-10-22-19(21)13-15/h3-7,10,13,16H,2,8-9,11-12,14H2,1H3,(H2,21,22). The maximum atomic E-state index is 5.79. The average Bonchev–Trinajstić information content (AvgIpc) is 3.01. The Hall–Kier alpha value is -2.40. The van der Waals surface area contributed by atoms with E-state index in [0.29, 0.717) is 11.9 Å². The highest BCUT2D eigenvalue weighted by Gasteiger charge is 2.24. The zero-order chi connectivity index (χ0) is 17.2. The Balaban J connectivity index is 1.49. The molecule has 2 aromatic heterocycles. The number of imidazole rings is 1. The number of para-hydroxylation sites is 2. The number of pyridine rings is 1. The van der Waals surface area contributed by atoms with Gasteiger partial charge in [-0.1, -0.05) is 19.1 Å². The van der Waals surface area contributed by atoms with Crippen LogP contribution in [0.15, 0.2) is 42.6 Å². The zero-order valence-electron chi connectivity index (χ0n) is 14.7. The number of anilines is 1. The molecule has 1 saturated heterocycles. The summed E-state index contributed by atoms with van der Waals surface area (Å²) in [5, 5.41) is 0. The first-order valence-corrected chi connectivity index (χ1v) is 9.13. The number of aryl methyl sites for hydroxylation is 1. The number of rotatable bonds is 4. The summed E-state index contributed by atoms with van der Waals surface area (Å²) >= 11 is 0. The Morgan fingerprint density at radius 3 is 2.72 bits per heavy atom. The van der Waals surface area contributed by atoms with Gasteiger partial charge in [-0.2, -0.15) is 0 Å². The van der Waals surface area contributed by atoms with Crippen molar-refractivity contribution in [3.8, 4) is 0 Å². The lowest BCUT2D eigenvalue weighted by molar-refractivity contribution is 0.180. The van der Waals surface area contributed by atoms with Crippen molar-refractivity contribution in [1.29, 1.82) is 0 Å². The van der Waals surface area contributed by atoms with Crippen molar-refractivity contribution in [1.82, 2.24) is 19.4 Å². The monoisotopic (exact) mass is 335 g/mol. The average molecular weight is 335 g/mol. The molecule has 1 aromatic carbocycles. The van der Waals surface area contributed by atoms with Crippen LogP contribution in [0.3, 0.4) is 0 Å². The highest BCUT2D eigenvalue weighted by Crippen LogP contribution is 2.29. The van der Waals surface area contributed by atoms with Crippen LogP contribution in [0.25, 0.3) is 11.0 Å². The first-order chi connectivity index (χ1) is 12.2. The number of aromatic nitrogens is 3. The summed E-state index contributed by atoms with van der Waals surface area (Å²) in [5.74, 6) is 1.81. The lowest BCUT2D eigenvalue weighted by Crippen LogP contribution is -2.34. The second-order valence-corrected chi connectivity index (χ2v) is 6.84. The minimum absolute atomic E-state index is 0.543. The van der Waals surface area contributed by atoms with Crippen molar-refractivity contribution in [2.45, 2.75) is 38.8 Å². The van der Waals surface area contributed by atoms with Crippen molar-refractivity contribution in [2.75, 3.05) is 18.8 Å². The number of hydrogen-bond acceptors (Lipinski definition) is 4. The smallest absolute Gasteiger partial charge is 0.123 e. The van der Waals surface area contributed by atoms with Gasteiger partial charge in [0.2, 0.25) is 0 Å². The predicted molar refractivity (Wildman–Crippen MR) is 101 cm³/mol. The van der Waals surface area contributed by atoms with E-state index in [1.165, 1.54) is 16.9 Å². The fraction of sp³-hybridized carbons (Fsp3) is 0.400. The minimum atomic E-state index is 0.543. The Labute approximate surface area is 148 Å². The lowest BCUT2D eigenvalue weighted by atomic mass is 10.0. The summed E-state index contributed by atoms with van der Waals surface area (Å²) in [4.78, 5) is 11.4. The molecule has 3 aromatic rings. The minimum Gasteiger partial charge on any atom is -0.384 e. The van der Waals surface area contributed by atoms with Gasteiger partial charge in [0.05, 0.1) is 11.0 Å². The second kappa shape index (κ2) is 6.84. The lowest BCUT2D eigenvalue weighted by Gasteiger charge is -2.33. The van der Waals surface area contributed by atoms with Gasteiger partial charge in [0, 0.05) is 38.3 Å². The molecule has 2 N–H and O–H groups in total. The van der Waals surface area contributed by atoms with E-state index in [4.69, 9.17) is 10.7 Å². The highest BCUT2D eigenvalue weighted by molar-refractivity contribution is 5.76. The number of hydrogen-bond donors (Lipinski definition) is 1. The number of likely N-dealkylation sites (tertiary alicyclic amines) is 1. The molecule has 0 amide bonds. The Bertz CT molecular complexity index is 861. The fourth-order valence-electron chi connectivity index (χ4n) is 3.94. The van der Waals surface area contributed by atoms with Gasteiger partial charge in [0.15, 0.2) is 0 Å². The molecular formula is C20H25N5. The number of piperidine rings is 1. The van der Waals surface area contributed by atoms with E-state index in [9.17, 15) is 0 Å². The van der Waals surface area contributed by atoms with E-state index in [2.05, 4.69) is 51.7 Å². The highest BCUT2D eigenvalue weighted by atomic mass is 15.2. The fourth-order valence-corrected chi connectivity index (χ4v) is 3.94. The van der Waals surface area contributed by atoms with E-state index in [1.807, 2.05) is 6.07 Å². The Kier molecular flexibility index (Phi) is 4.40. The van der Waals surface area contributed by atoms with Crippen LogP contribution in [-0.4, -0.2) is 32.5 Å². The van der Waals surface area contributed by atoms with Crippen LogP contribution >= 0.6 is 0 Å². The van der Waals surface area contributed by atoms with Crippen molar-refractivity contribution in [3.63, 3.8) is 0 Å². The zero-order valence-corrected chi connectivity index (χ0v) is 14.7. The van der Waals surface area contributed by atoms with Gasteiger partial charge < -0.3 is 10.3 Å². The summed E-state index contributed by atoms with van der Waals surface area (Å²) < 4.78 is 2.48. The van der Waals surface area contributed by atoms with E-state index in [-0.39, 0.29) is 0 Å². The topological polar surface area (TPSA) is 60.0 Å². The third kappa shape index (κ3) is 3.24. The van der Waals surface area contributed by atoms with E-state index < -0.39 is 0 Å². The van der Waals surface area contributed by atoms with Crippen LogP contribution in [0, 0.1) is 0 Å². The quantitative estimate of drug-likeness (QED) is 0.794. The van der Waals surface area contributed by atoms with Gasteiger partial charge in [0.25, 0.3) is 0 Å². The molecule has 4 rings (SSSR count). The molecule has 0 saturated carbocycles. The first kappa shape index (κ1) is 16.1. The number of nitrogen functional groups attached to an aromatic ring is 1. The molecule has 25 heavy (non-hydrogen) atoms. The third-order valence-corrected chi connectivity index (χ3v) is 5.16. The van der Waals surface area contributed by atoms with Crippen LogP contribution in [0.4, 0.5) is 5.82 Å². The SMILES string of the molecule is CCc1nc2ccccc2n1C1CCN(Cc2ccnc(N)c2)CC1. The summed E-state index contributed by atoms with van der Waals surface area (Å²) in [6, 6.07) is 13.1. The maximum absolute atomic E-state index is 5.79. The molecule has 0 aliphatic carbocycles. The van der Waals surface area contributed by atoms with Gasteiger partial charge in [0.1, 0.15) is 11.6 Å². The molecule has 130 valence electrons. The molecule has 5 heteroatoms.